The van der Waals surface area contributed by atoms with E-state index in [0.29, 0.717) is 6.54 Å². The third-order valence-corrected chi connectivity index (χ3v) is 3.48. The smallest absolute Gasteiger partial charge is 0.418 e. The highest BCUT2D eigenvalue weighted by atomic mass is 19.4. The zero-order chi connectivity index (χ0) is 14.6. The molecule has 1 aromatic rings. The SMILES string of the molecule is COc1ccc(NCC2CCCCN2)c(C(F)(F)F)c1. The number of hydrogen-bond donors (Lipinski definition) is 2. The summed E-state index contributed by atoms with van der Waals surface area (Å²) in [6.07, 6.45) is -1.15. The number of methoxy groups -OCH3 is 1. The van der Waals surface area contributed by atoms with Gasteiger partial charge in [-0.2, -0.15) is 13.2 Å². The first kappa shape index (κ1) is 15.0. The van der Waals surface area contributed by atoms with Crippen molar-refractivity contribution in [2.75, 3.05) is 25.5 Å². The molecule has 0 aliphatic carbocycles. The van der Waals surface area contributed by atoms with Crippen LogP contribution in [-0.2, 0) is 6.18 Å². The van der Waals surface area contributed by atoms with Crippen molar-refractivity contribution >= 4 is 5.69 Å². The number of benzene rings is 1. The lowest BCUT2D eigenvalue weighted by molar-refractivity contribution is -0.137. The summed E-state index contributed by atoms with van der Waals surface area (Å²) in [6.45, 7) is 1.43. The van der Waals surface area contributed by atoms with E-state index in [1.54, 1.807) is 0 Å². The first-order valence-electron chi connectivity index (χ1n) is 6.73. The van der Waals surface area contributed by atoms with Crippen LogP contribution in [0, 0.1) is 0 Å². The number of halogens is 3. The average Bonchev–Trinajstić information content (AvgIpc) is 2.45. The quantitative estimate of drug-likeness (QED) is 0.892. The lowest BCUT2D eigenvalue weighted by Gasteiger charge is -2.25. The summed E-state index contributed by atoms with van der Waals surface area (Å²) in [5.41, 5.74) is -0.585. The number of ether oxygens (including phenoxy) is 1. The summed E-state index contributed by atoms with van der Waals surface area (Å²) in [6, 6.07) is 4.21. The largest absolute Gasteiger partial charge is 0.497 e. The van der Waals surface area contributed by atoms with Crippen LogP contribution in [0.25, 0.3) is 0 Å². The molecule has 1 unspecified atom stereocenters. The summed E-state index contributed by atoms with van der Waals surface area (Å²) < 4.78 is 43.9. The summed E-state index contributed by atoms with van der Waals surface area (Å²) in [5.74, 6) is 0.207. The van der Waals surface area contributed by atoms with Crippen molar-refractivity contribution in [3.63, 3.8) is 0 Å². The van der Waals surface area contributed by atoms with E-state index in [1.807, 2.05) is 0 Å². The predicted octanol–water partition coefficient (Wildman–Crippen LogP) is 3.27. The molecule has 0 bridgehead atoms. The molecule has 1 aromatic carbocycles. The van der Waals surface area contributed by atoms with E-state index in [4.69, 9.17) is 4.74 Å². The van der Waals surface area contributed by atoms with Gasteiger partial charge in [-0.15, -0.1) is 0 Å². The highest BCUT2D eigenvalue weighted by Gasteiger charge is 2.34. The van der Waals surface area contributed by atoms with Crippen LogP contribution < -0.4 is 15.4 Å². The van der Waals surface area contributed by atoms with Gasteiger partial charge in [-0.3, -0.25) is 0 Å². The van der Waals surface area contributed by atoms with E-state index in [9.17, 15) is 13.2 Å². The lowest BCUT2D eigenvalue weighted by Crippen LogP contribution is -2.39. The standard InChI is InChI=1S/C14H19F3N2O/c1-20-11-5-6-13(12(8-11)14(15,16)17)19-9-10-4-2-3-7-18-10/h5-6,8,10,18-19H,2-4,7,9H2,1H3. The second kappa shape index (κ2) is 6.35. The molecule has 2 N–H and O–H groups in total. The number of piperidine rings is 1. The zero-order valence-corrected chi connectivity index (χ0v) is 11.4. The summed E-state index contributed by atoms with van der Waals surface area (Å²) in [7, 11) is 1.36. The van der Waals surface area contributed by atoms with Gasteiger partial charge in [0.2, 0.25) is 0 Å². The molecule has 3 nitrogen and oxygen atoms in total. The Bertz CT molecular complexity index is 443. The minimum atomic E-state index is -4.39. The highest BCUT2D eigenvalue weighted by molar-refractivity contribution is 5.55. The molecule has 1 fully saturated rings. The molecule has 0 amide bonds. The van der Waals surface area contributed by atoms with Crippen LogP contribution >= 0.6 is 0 Å². The van der Waals surface area contributed by atoms with E-state index in [-0.39, 0.29) is 17.5 Å². The van der Waals surface area contributed by atoms with Crippen LogP contribution in [0.2, 0.25) is 0 Å². The Hall–Kier alpha value is -1.43. The number of nitrogens with one attached hydrogen (secondary N) is 2. The average molecular weight is 288 g/mol. The van der Waals surface area contributed by atoms with Crippen LogP contribution in [0.15, 0.2) is 18.2 Å². The number of rotatable bonds is 4. The molecular formula is C14H19F3N2O. The highest BCUT2D eigenvalue weighted by Crippen LogP contribution is 2.37. The zero-order valence-electron chi connectivity index (χ0n) is 11.4. The van der Waals surface area contributed by atoms with E-state index in [1.165, 1.54) is 19.2 Å². The monoisotopic (exact) mass is 288 g/mol. The topological polar surface area (TPSA) is 33.3 Å². The van der Waals surface area contributed by atoms with Gasteiger partial charge in [0, 0.05) is 18.3 Å². The maximum absolute atomic E-state index is 13.0. The van der Waals surface area contributed by atoms with E-state index in [2.05, 4.69) is 10.6 Å². The van der Waals surface area contributed by atoms with Crippen molar-refractivity contribution < 1.29 is 17.9 Å². The minimum Gasteiger partial charge on any atom is -0.497 e. The normalized spacial score (nSPS) is 19.7. The van der Waals surface area contributed by atoms with Crippen LogP contribution in [0.3, 0.4) is 0 Å². The van der Waals surface area contributed by atoms with Crippen molar-refractivity contribution in [1.29, 1.82) is 0 Å². The van der Waals surface area contributed by atoms with Gasteiger partial charge in [0.1, 0.15) is 5.75 Å². The molecule has 2 rings (SSSR count). The Morgan fingerprint density at radius 3 is 2.75 bits per heavy atom. The molecule has 20 heavy (non-hydrogen) atoms. The fourth-order valence-electron chi connectivity index (χ4n) is 2.37. The van der Waals surface area contributed by atoms with Crippen molar-refractivity contribution in [2.24, 2.45) is 0 Å². The molecule has 0 radical (unpaired) electrons. The molecule has 1 saturated heterocycles. The molecule has 112 valence electrons. The first-order valence-corrected chi connectivity index (χ1v) is 6.73. The maximum atomic E-state index is 13.0. The van der Waals surface area contributed by atoms with E-state index >= 15 is 0 Å². The lowest BCUT2D eigenvalue weighted by atomic mass is 10.0. The fourth-order valence-corrected chi connectivity index (χ4v) is 2.37. The Kier molecular flexibility index (Phi) is 4.75. The van der Waals surface area contributed by atoms with Gasteiger partial charge in [0.15, 0.2) is 0 Å². The van der Waals surface area contributed by atoms with Gasteiger partial charge in [0.05, 0.1) is 12.7 Å². The molecular weight excluding hydrogens is 269 g/mol. The third-order valence-electron chi connectivity index (χ3n) is 3.48. The Morgan fingerprint density at radius 1 is 1.35 bits per heavy atom. The second-order valence-corrected chi connectivity index (χ2v) is 4.94. The number of hydrogen-bond acceptors (Lipinski definition) is 3. The van der Waals surface area contributed by atoms with Crippen molar-refractivity contribution in [2.45, 2.75) is 31.5 Å². The molecule has 6 heteroatoms. The fraction of sp³-hybridized carbons (Fsp3) is 0.571. The minimum absolute atomic E-state index is 0.102. The summed E-state index contributed by atoms with van der Waals surface area (Å²) in [5, 5.41) is 6.20. The third kappa shape index (κ3) is 3.79. The van der Waals surface area contributed by atoms with Gasteiger partial charge in [0.25, 0.3) is 0 Å². The van der Waals surface area contributed by atoms with Gasteiger partial charge in [-0.1, -0.05) is 6.42 Å². The first-order chi connectivity index (χ1) is 9.50. The Labute approximate surface area is 116 Å². The molecule has 0 spiro atoms. The predicted molar refractivity (Wildman–Crippen MR) is 72.1 cm³/mol. The van der Waals surface area contributed by atoms with E-state index < -0.39 is 11.7 Å². The van der Waals surface area contributed by atoms with Crippen molar-refractivity contribution in [3.05, 3.63) is 23.8 Å². The van der Waals surface area contributed by atoms with E-state index in [0.717, 1.165) is 31.9 Å². The molecule has 1 aliphatic heterocycles. The Morgan fingerprint density at radius 2 is 2.15 bits per heavy atom. The van der Waals surface area contributed by atoms with Crippen molar-refractivity contribution in [3.8, 4) is 5.75 Å². The van der Waals surface area contributed by atoms with Crippen LogP contribution in [-0.4, -0.2) is 26.2 Å². The number of anilines is 1. The molecule has 1 atom stereocenters. The van der Waals surface area contributed by atoms with Crippen LogP contribution in [0.4, 0.5) is 18.9 Å². The molecule has 0 aromatic heterocycles. The summed E-state index contributed by atoms with van der Waals surface area (Å²) in [4.78, 5) is 0. The van der Waals surface area contributed by atoms with Gasteiger partial charge < -0.3 is 15.4 Å². The molecule has 1 aliphatic rings. The van der Waals surface area contributed by atoms with Gasteiger partial charge in [-0.05, 0) is 37.6 Å². The van der Waals surface area contributed by atoms with Crippen molar-refractivity contribution in [1.82, 2.24) is 5.32 Å². The van der Waals surface area contributed by atoms with Crippen LogP contribution in [0.1, 0.15) is 24.8 Å². The molecule has 1 heterocycles. The number of alkyl halides is 3. The summed E-state index contributed by atoms with van der Waals surface area (Å²) >= 11 is 0. The Balaban J connectivity index is 2.09. The van der Waals surface area contributed by atoms with Crippen LogP contribution in [0.5, 0.6) is 5.75 Å². The van der Waals surface area contributed by atoms with Gasteiger partial charge in [-0.25, -0.2) is 0 Å². The maximum Gasteiger partial charge on any atom is 0.418 e. The second-order valence-electron chi connectivity index (χ2n) is 4.94. The molecule has 0 saturated carbocycles. The van der Waals surface area contributed by atoms with Gasteiger partial charge >= 0.3 is 6.18 Å².